The fourth-order valence-electron chi connectivity index (χ4n) is 2.69. The van der Waals surface area contributed by atoms with Crippen LogP contribution in [0.4, 0.5) is 0 Å². The van der Waals surface area contributed by atoms with E-state index in [0.717, 1.165) is 23.8 Å². The van der Waals surface area contributed by atoms with Crippen LogP contribution in [0.15, 0.2) is 0 Å². The van der Waals surface area contributed by atoms with Crippen LogP contribution in [0.5, 0.6) is 0 Å². The average Bonchev–Trinajstić information content (AvgIpc) is 2.42. The van der Waals surface area contributed by atoms with E-state index in [1.165, 1.54) is 26.2 Å². The van der Waals surface area contributed by atoms with Crippen LogP contribution in [0, 0.1) is 17.8 Å². The SMILES string of the molecule is C[C@@H]1[C@H]2CN(C3CNC3)C[C@@H]12. The standard InChI is InChI=1S/C9H16N2/c1-6-8-4-11(5-9(6)8)7-2-10-3-7/h6-10H,2-5H2,1H3/t6-,8-,9+. The number of likely N-dealkylation sites (tertiary alicyclic amines) is 1. The lowest BCUT2D eigenvalue weighted by Gasteiger charge is -2.36. The fraction of sp³-hybridized carbons (Fsp3) is 1.00. The van der Waals surface area contributed by atoms with Gasteiger partial charge in [-0.2, -0.15) is 0 Å². The summed E-state index contributed by atoms with van der Waals surface area (Å²) in [6, 6.07) is 0.898. The molecule has 0 aromatic carbocycles. The molecule has 0 bridgehead atoms. The Morgan fingerprint density at radius 2 is 1.82 bits per heavy atom. The van der Waals surface area contributed by atoms with E-state index in [0.29, 0.717) is 0 Å². The van der Waals surface area contributed by atoms with Crippen molar-refractivity contribution >= 4 is 0 Å². The molecule has 2 aliphatic heterocycles. The third kappa shape index (κ3) is 0.798. The molecule has 3 fully saturated rings. The second-order valence-electron chi connectivity index (χ2n) is 4.45. The third-order valence-electron chi connectivity index (χ3n) is 3.93. The molecule has 2 heteroatoms. The van der Waals surface area contributed by atoms with Crippen molar-refractivity contribution in [3.05, 3.63) is 0 Å². The molecule has 0 aromatic heterocycles. The van der Waals surface area contributed by atoms with E-state index >= 15 is 0 Å². The minimum absolute atomic E-state index is 0.898. The van der Waals surface area contributed by atoms with Gasteiger partial charge in [0.15, 0.2) is 0 Å². The summed E-state index contributed by atoms with van der Waals surface area (Å²) in [5.41, 5.74) is 0. The maximum Gasteiger partial charge on any atom is 0.0345 e. The predicted molar refractivity (Wildman–Crippen MR) is 44.4 cm³/mol. The quantitative estimate of drug-likeness (QED) is 0.575. The van der Waals surface area contributed by atoms with Crippen molar-refractivity contribution in [2.75, 3.05) is 26.2 Å². The molecule has 1 N–H and O–H groups in total. The van der Waals surface area contributed by atoms with Gasteiger partial charge in [0.2, 0.25) is 0 Å². The zero-order chi connectivity index (χ0) is 7.42. The van der Waals surface area contributed by atoms with Gasteiger partial charge < -0.3 is 5.32 Å². The molecule has 3 atom stereocenters. The minimum atomic E-state index is 0.898. The van der Waals surface area contributed by atoms with Crippen molar-refractivity contribution in [3.63, 3.8) is 0 Å². The van der Waals surface area contributed by atoms with Crippen molar-refractivity contribution in [3.8, 4) is 0 Å². The van der Waals surface area contributed by atoms with Crippen molar-refractivity contribution < 1.29 is 0 Å². The summed E-state index contributed by atoms with van der Waals surface area (Å²) in [5.74, 6) is 3.21. The number of hydrogen-bond acceptors (Lipinski definition) is 2. The maximum atomic E-state index is 3.34. The Kier molecular flexibility index (Phi) is 1.16. The van der Waals surface area contributed by atoms with Crippen LogP contribution >= 0.6 is 0 Å². The van der Waals surface area contributed by atoms with Crippen molar-refractivity contribution in [2.45, 2.75) is 13.0 Å². The number of rotatable bonds is 1. The summed E-state index contributed by atoms with van der Waals surface area (Å²) < 4.78 is 0. The first-order chi connectivity index (χ1) is 5.36. The highest BCUT2D eigenvalue weighted by molar-refractivity contribution is 5.05. The highest BCUT2D eigenvalue weighted by Crippen LogP contribution is 2.51. The van der Waals surface area contributed by atoms with Gasteiger partial charge in [-0.05, 0) is 17.8 Å². The Labute approximate surface area is 68.0 Å². The molecule has 0 unspecified atom stereocenters. The molecule has 3 rings (SSSR count). The predicted octanol–water partition coefficient (Wildman–Crippen LogP) is 0.156. The van der Waals surface area contributed by atoms with Crippen LogP contribution in [0.1, 0.15) is 6.92 Å². The van der Waals surface area contributed by atoms with Crippen molar-refractivity contribution in [2.24, 2.45) is 17.8 Å². The van der Waals surface area contributed by atoms with E-state index in [4.69, 9.17) is 0 Å². The van der Waals surface area contributed by atoms with Gasteiger partial charge in [0.05, 0.1) is 0 Å². The highest BCUT2D eigenvalue weighted by Gasteiger charge is 2.53. The van der Waals surface area contributed by atoms with Gasteiger partial charge >= 0.3 is 0 Å². The third-order valence-corrected chi connectivity index (χ3v) is 3.93. The Balaban J connectivity index is 1.60. The second kappa shape index (κ2) is 1.99. The molecule has 11 heavy (non-hydrogen) atoms. The lowest BCUT2D eigenvalue weighted by atomic mass is 10.1. The number of hydrogen-bond donors (Lipinski definition) is 1. The summed E-state index contributed by atoms with van der Waals surface area (Å²) in [6.07, 6.45) is 0. The summed E-state index contributed by atoms with van der Waals surface area (Å²) in [4.78, 5) is 2.69. The molecule has 2 saturated heterocycles. The van der Waals surface area contributed by atoms with Gasteiger partial charge in [0, 0.05) is 32.2 Å². The minimum Gasteiger partial charge on any atom is -0.314 e. The second-order valence-corrected chi connectivity index (χ2v) is 4.45. The first-order valence-electron chi connectivity index (χ1n) is 4.81. The monoisotopic (exact) mass is 152 g/mol. The van der Waals surface area contributed by atoms with Crippen molar-refractivity contribution in [1.29, 1.82) is 0 Å². The molecule has 0 aromatic rings. The molecule has 3 aliphatic rings. The normalized spacial score (nSPS) is 50.5. The molecule has 62 valence electrons. The number of fused-ring (bicyclic) bond motifs is 1. The largest absolute Gasteiger partial charge is 0.314 e. The van der Waals surface area contributed by atoms with E-state index in [9.17, 15) is 0 Å². The Hall–Kier alpha value is -0.0800. The molecule has 0 radical (unpaired) electrons. The van der Waals surface area contributed by atoms with Crippen LogP contribution in [-0.2, 0) is 0 Å². The van der Waals surface area contributed by atoms with Crippen LogP contribution in [0.25, 0.3) is 0 Å². The maximum absolute atomic E-state index is 3.34. The van der Waals surface area contributed by atoms with E-state index < -0.39 is 0 Å². The Morgan fingerprint density at radius 1 is 1.18 bits per heavy atom. The molecule has 2 heterocycles. The van der Waals surface area contributed by atoms with E-state index in [2.05, 4.69) is 17.1 Å². The molecule has 1 saturated carbocycles. The average molecular weight is 152 g/mol. The van der Waals surface area contributed by atoms with Crippen LogP contribution in [0.2, 0.25) is 0 Å². The molecule has 0 amide bonds. The molecule has 1 aliphatic carbocycles. The first-order valence-corrected chi connectivity index (χ1v) is 4.81. The van der Waals surface area contributed by atoms with Gasteiger partial charge in [0.25, 0.3) is 0 Å². The summed E-state index contributed by atoms with van der Waals surface area (Å²) >= 11 is 0. The molecule has 0 spiro atoms. The lowest BCUT2D eigenvalue weighted by Crippen LogP contribution is -2.57. The van der Waals surface area contributed by atoms with Gasteiger partial charge in [-0.15, -0.1) is 0 Å². The number of nitrogens with one attached hydrogen (secondary N) is 1. The lowest BCUT2D eigenvalue weighted by molar-refractivity contribution is 0.156. The van der Waals surface area contributed by atoms with Crippen LogP contribution in [0.3, 0.4) is 0 Å². The Morgan fingerprint density at radius 3 is 2.27 bits per heavy atom. The van der Waals surface area contributed by atoms with Crippen LogP contribution < -0.4 is 5.32 Å². The van der Waals surface area contributed by atoms with E-state index in [1.807, 2.05) is 0 Å². The van der Waals surface area contributed by atoms with E-state index in [-0.39, 0.29) is 0 Å². The van der Waals surface area contributed by atoms with E-state index in [1.54, 1.807) is 0 Å². The number of nitrogens with zero attached hydrogens (tertiary/aromatic N) is 1. The van der Waals surface area contributed by atoms with Crippen LogP contribution in [-0.4, -0.2) is 37.1 Å². The van der Waals surface area contributed by atoms with Gasteiger partial charge in [-0.25, -0.2) is 0 Å². The smallest absolute Gasteiger partial charge is 0.0345 e. The summed E-state index contributed by atoms with van der Waals surface area (Å²) in [7, 11) is 0. The van der Waals surface area contributed by atoms with Crippen molar-refractivity contribution in [1.82, 2.24) is 10.2 Å². The number of piperidine rings is 1. The van der Waals surface area contributed by atoms with Gasteiger partial charge in [0.1, 0.15) is 0 Å². The summed E-state index contributed by atoms with van der Waals surface area (Å²) in [6.45, 7) is 7.70. The van der Waals surface area contributed by atoms with Gasteiger partial charge in [-0.3, -0.25) is 4.90 Å². The topological polar surface area (TPSA) is 15.3 Å². The first kappa shape index (κ1) is 6.44. The highest BCUT2D eigenvalue weighted by atomic mass is 15.3. The molecular formula is C9H16N2. The fourth-order valence-corrected chi connectivity index (χ4v) is 2.69. The zero-order valence-corrected chi connectivity index (χ0v) is 7.09. The Bertz CT molecular complexity index is 164. The summed E-state index contributed by atoms with van der Waals surface area (Å²) in [5, 5.41) is 3.34. The van der Waals surface area contributed by atoms with Gasteiger partial charge in [-0.1, -0.05) is 6.92 Å². The molecule has 2 nitrogen and oxygen atoms in total. The zero-order valence-electron chi connectivity index (χ0n) is 7.09. The molecular weight excluding hydrogens is 136 g/mol.